The standard InChI is InChI=1S/C19H32N2/c1-4-20-15-19(11-6-5-7-12-19)16-21(3)14-18-10-8-9-17(2)13-18/h8-10,13,20H,4-7,11-12,14-16H2,1-3H3. The van der Waals surface area contributed by atoms with Crippen LogP contribution >= 0.6 is 0 Å². The van der Waals surface area contributed by atoms with E-state index in [-0.39, 0.29) is 0 Å². The molecule has 0 amide bonds. The van der Waals surface area contributed by atoms with Crippen LogP contribution in [-0.4, -0.2) is 31.6 Å². The molecule has 1 aromatic rings. The summed E-state index contributed by atoms with van der Waals surface area (Å²) < 4.78 is 0. The Balaban J connectivity index is 1.95. The molecular formula is C19H32N2. The highest BCUT2D eigenvalue weighted by molar-refractivity contribution is 5.22. The predicted molar refractivity (Wildman–Crippen MR) is 91.6 cm³/mol. The maximum atomic E-state index is 3.61. The fraction of sp³-hybridized carbons (Fsp3) is 0.684. The van der Waals surface area contributed by atoms with E-state index in [9.17, 15) is 0 Å². The summed E-state index contributed by atoms with van der Waals surface area (Å²) >= 11 is 0. The zero-order valence-electron chi connectivity index (χ0n) is 14.1. The summed E-state index contributed by atoms with van der Waals surface area (Å²) in [5.74, 6) is 0. The fourth-order valence-electron chi connectivity index (χ4n) is 3.83. The van der Waals surface area contributed by atoms with E-state index in [0.717, 1.165) is 13.1 Å². The summed E-state index contributed by atoms with van der Waals surface area (Å²) in [5, 5.41) is 3.61. The molecule has 21 heavy (non-hydrogen) atoms. The maximum Gasteiger partial charge on any atom is 0.0231 e. The van der Waals surface area contributed by atoms with Crippen LogP contribution in [0.25, 0.3) is 0 Å². The zero-order valence-corrected chi connectivity index (χ0v) is 14.1. The van der Waals surface area contributed by atoms with Gasteiger partial charge in [-0.25, -0.2) is 0 Å². The van der Waals surface area contributed by atoms with Gasteiger partial charge in [0.1, 0.15) is 0 Å². The van der Waals surface area contributed by atoms with Crippen molar-refractivity contribution in [2.24, 2.45) is 5.41 Å². The number of hydrogen-bond acceptors (Lipinski definition) is 2. The maximum absolute atomic E-state index is 3.61. The number of aryl methyl sites for hydroxylation is 1. The normalized spacial score (nSPS) is 18.1. The number of rotatable bonds is 7. The van der Waals surface area contributed by atoms with Gasteiger partial charge < -0.3 is 10.2 Å². The van der Waals surface area contributed by atoms with Gasteiger partial charge in [-0.1, -0.05) is 56.0 Å². The molecule has 2 heteroatoms. The molecule has 2 rings (SSSR count). The third kappa shape index (κ3) is 5.12. The lowest BCUT2D eigenvalue weighted by Gasteiger charge is -2.40. The summed E-state index contributed by atoms with van der Waals surface area (Å²) in [6.07, 6.45) is 7.01. The molecule has 0 aliphatic heterocycles. The summed E-state index contributed by atoms with van der Waals surface area (Å²) in [6.45, 7) is 8.94. The molecule has 1 aliphatic carbocycles. The lowest BCUT2D eigenvalue weighted by atomic mass is 9.73. The van der Waals surface area contributed by atoms with Crippen LogP contribution < -0.4 is 5.32 Å². The van der Waals surface area contributed by atoms with Gasteiger partial charge in [0, 0.05) is 19.6 Å². The summed E-state index contributed by atoms with van der Waals surface area (Å²) in [6, 6.07) is 8.92. The van der Waals surface area contributed by atoms with Crippen molar-refractivity contribution in [3.8, 4) is 0 Å². The van der Waals surface area contributed by atoms with Crippen molar-refractivity contribution in [3.05, 3.63) is 35.4 Å². The number of benzene rings is 1. The molecule has 2 nitrogen and oxygen atoms in total. The molecule has 0 saturated heterocycles. The third-order valence-corrected chi connectivity index (χ3v) is 4.80. The molecule has 1 saturated carbocycles. The second-order valence-electron chi connectivity index (χ2n) is 7.00. The second-order valence-corrected chi connectivity index (χ2v) is 7.00. The Labute approximate surface area is 130 Å². The molecule has 0 aromatic heterocycles. The van der Waals surface area contributed by atoms with E-state index in [4.69, 9.17) is 0 Å². The first-order valence-corrected chi connectivity index (χ1v) is 8.58. The van der Waals surface area contributed by atoms with Crippen molar-refractivity contribution in [2.75, 3.05) is 26.7 Å². The van der Waals surface area contributed by atoms with Crippen LogP contribution in [0.1, 0.15) is 50.2 Å². The quantitative estimate of drug-likeness (QED) is 0.816. The number of nitrogens with zero attached hydrogens (tertiary/aromatic N) is 1. The summed E-state index contributed by atoms with van der Waals surface area (Å²) in [7, 11) is 2.28. The van der Waals surface area contributed by atoms with Crippen LogP contribution in [0.4, 0.5) is 0 Å². The number of nitrogens with one attached hydrogen (secondary N) is 1. The SMILES string of the molecule is CCNCC1(CN(C)Cc2cccc(C)c2)CCCCC1. The average molecular weight is 288 g/mol. The van der Waals surface area contributed by atoms with E-state index >= 15 is 0 Å². The van der Waals surface area contributed by atoms with Crippen molar-refractivity contribution >= 4 is 0 Å². The largest absolute Gasteiger partial charge is 0.316 e. The van der Waals surface area contributed by atoms with Gasteiger partial charge in [0.25, 0.3) is 0 Å². The van der Waals surface area contributed by atoms with Crippen molar-refractivity contribution in [1.29, 1.82) is 0 Å². The Morgan fingerprint density at radius 3 is 2.62 bits per heavy atom. The van der Waals surface area contributed by atoms with Gasteiger partial charge in [0.2, 0.25) is 0 Å². The van der Waals surface area contributed by atoms with Crippen molar-refractivity contribution in [2.45, 2.75) is 52.5 Å². The Bertz CT molecular complexity index is 421. The first-order valence-electron chi connectivity index (χ1n) is 8.58. The first-order chi connectivity index (χ1) is 10.1. The molecule has 0 atom stereocenters. The fourth-order valence-corrected chi connectivity index (χ4v) is 3.83. The Morgan fingerprint density at radius 1 is 1.19 bits per heavy atom. The smallest absolute Gasteiger partial charge is 0.0231 e. The predicted octanol–water partition coefficient (Wildman–Crippen LogP) is 3.99. The molecular weight excluding hydrogens is 256 g/mol. The molecule has 0 spiro atoms. The van der Waals surface area contributed by atoms with Gasteiger partial charge in [-0.05, 0) is 44.3 Å². The van der Waals surface area contributed by atoms with Gasteiger partial charge in [0.15, 0.2) is 0 Å². The second kappa shape index (κ2) is 7.95. The topological polar surface area (TPSA) is 15.3 Å². The van der Waals surface area contributed by atoms with Gasteiger partial charge >= 0.3 is 0 Å². The third-order valence-electron chi connectivity index (χ3n) is 4.80. The Morgan fingerprint density at radius 2 is 1.95 bits per heavy atom. The van der Waals surface area contributed by atoms with Gasteiger partial charge in [0.05, 0.1) is 0 Å². The lowest BCUT2D eigenvalue weighted by Crippen LogP contribution is -2.44. The van der Waals surface area contributed by atoms with E-state index in [1.54, 1.807) is 0 Å². The van der Waals surface area contributed by atoms with Crippen molar-refractivity contribution < 1.29 is 0 Å². The van der Waals surface area contributed by atoms with Gasteiger partial charge in [-0.3, -0.25) is 0 Å². The Kier molecular flexibility index (Phi) is 6.25. The minimum atomic E-state index is 0.493. The highest BCUT2D eigenvalue weighted by Gasteiger charge is 2.32. The minimum Gasteiger partial charge on any atom is -0.316 e. The zero-order chi connectivity index (χ0) is 15.1. The van der Waals surface area contributed by atoms with Crippen LogP contribution in [0.3, 0.4) is 0 Å². The molecule has 0 bridgehead atoms. The van der Waals surface area contributed by atoms with Crippen LogP contribution in [0, 0.1) is 12.3 Å². The molecule has 1 aromatic carbocycles. The van der Waals surface area contributed by atoms with E-state index in [0.29, 0.717) is 5.41 Å². The van der Waals surface area contributed by atoms with Crippen molar-refractivity contribution in [1.82, 2.24) is 10.2 Å². The highest BCUT2D eigenvalue weighted by Crippen LogP contribution is 2.36. The molecule has 1 aliphatic rings. The van der Waals surface area contributed by atoms with Crippen LogP contribution in [-0.2, 0) is 6.54 Å². The monoisotopic (exact) mass is 288 g/mol. The lowest BCUT2D eigenvalue weighted by molar-refractivity contribution is 0.114. The van der Waals surface area contributed by atoms with Crippen LogP contribution in [0.15, 0.2) is 24.3 Å². The van der Waals surface area contributed by atoms with E-state index in [1.165, 1.54) is 56.3 Å². The Hall–Kier alpha value is -0.860. The van der Waals surface area contributed by atoms with E-state index in [1.807, 2.05) is 0 Å². The molecule has 1 fully saturated rings. The molecule has 1 N–H and O–H groups in total. The average Bonchev–Trinajstić information content (AvgIpc) is 2.46. The van der Waals surface area contributed by atoms with Crippen molar-refractivity contribution in [3.63, 3.8) is 0 Å². The van der Waals surface area contributed by atoms with Crippen LogP contribution in [0.2, 0.25) is 0 Å². The van der Waals surface area contributed by atoms with E-state index in [2.05, 4.69) is 55.4 Å². The van der Waals surface area contributed by atoms with Gasteiger partial charge in [-0.15, -0.1) is 0 Å². The highest BCUT2D eigenvalue weighted by atomic mass is 15.1. The molecule has 0 heterocycles. The molecule has 118 valence electrons. The minimum absolute atomic E-state index is 0.493. The summed E-state index contributed by atoms with van der Waals surface area (Å²) in [4.78, 5) is 2.53. The van der Waals surface area contributed by atoms with E-state index < -0.39 is 0 Å². The molecule has 0 unspecified atom stereocenters. The van der Waals surface area contributed by atoms with Crippen LogP contribution in [0.5, 0.6) is 0 Å². The first kappa shape index (κ1) is 16.5. The molecule has 0 radical (unpaired) electrons. The van der Waals surface area contributed by atoms with Gasteiger partial charge in [-0.2, -0.15) is 0 Å². The summed E-state index contributed by atoms with van der Waals surface area (Å²) in [5.41, 5.74) is 3.29. The number of hydrogen-bond donors (Lipinski definition) is 1.